The van der Waals surface area contributed by atoms with Crippen LogP contribution in [0.2, 0.25) is 0 Å². The van der Waals surface area contributed by atoms with Gasteiger partial charge in [-0.15, -0.1) is 5.10 Å². The fourth-order valence-electron chi connectivity index (χ4n) is 3.88. The van der Waals surface area contributed by atoms with Crippen LogP contribution in [0.15, 0.2) is 61.2 Å². The van der Waals surface area contributed by atoms with Gasteiger partial charge in [-0.3, -0.25) is 0 Å². The van der Waals surface area contributed by atoms with E-state index in [1.165, 1.54) is 0 Å². The third kappa shape index (κ3) is 3.81. The van der Waals surface area contributed by atoms with Crippen LogP contribution in [0.25, 0.3) is 22.7 Å². The first-order chi connectivity index (χ1) is 16.1. The van der Waals surface area contributed by atoms with E-state index in [4.69, 9.17) is 9.84 Å². The first kappa shape index (κ1) is 20.4. The van der Waals surface area contributed by atoms with E-state index in [1.54, 1.807) is 24.1 Å². The minimum Gasteiger partial charge on any atom is -0.495 e. The second-order valence-corrected chi connectivity index (χ2v) is 7.85. The molecule has 0 spiro atoms. The van der Waals surface area contributed by atoms with Crippen molar-refractivity contribution in [3.8, 4) is 28.8 Å². The van der Waals surface area contributed by atoms with Gasteiger partial charge >= 0.3 is 0 Å². The van der Waals surface area contributed by atoms with Gasteiger partial charge in [-0.25, -0.2) is 9.97 Å². The highest BCUT2D eigenvalue weighted by Gasteiger charge is 2.16. The second kappa shape index (κ2) is 8.20. The van der Waals surface area contributed by atoms with E-state index in [9.17, 15) is 5.26 Å². The fourth-order valence-corrected chi connectivity index (χ4v) is 3.88. The van der Waals surface area contributed by atoms with Crippen LogP contribution in [0.1, 0.15) is 28.2 Å². The lowest BCUT2D eigenvalue weighted by Crippen LogP contribution is -2.01. The van der Waals surface area contributed by atoms with Crippen molar-refractivity contribution in [1.29, 1.82) is 5.26 Å². The SMILES string of the molecule is COc1cc(Cc2nc3ncc(C#N)c(-c4cccc(C)c4)n3n2)ccc1-n1cnc(C)c1. The van der Waals surface area contributed by atoms with Crippen LogP contribution in [0, 0.1) is 25.2 Å². The molecule has 5 aromatic rings. The van der Waals surface area contributed by atoms with Gasteiger partial charge in [0.15, 0.2) is 5.82 Å². The smallest absolute Gasteiger partial charge is 0.253 e. The van der Waals surface area contributed by atoms with Crippen molar-refractivity contribution in [3.05, 3.63) is 89.4 Å². The zero-order valence-corrected chi connectivity index (χ0v) is 18.5. The van der Waals surface area contributed by atoms with Crippen molar-refractivity contribution < 1.29 is 4.74 Å². The Morgan fingerprint density at radius 3 is 2.70 bits per heavy atom. The summed E-state index contributed by atoms with van der Waals surface area (Å²) in [5.74, 6) is 1.80. The van der Waals surface area contributed by atoms with Crippen LogP contribution in [-0.4, -0.2) is 36.2 Å². The largest absolute Gasteiger partial charge is 0.495 e. The maximum Gasteiger partial charge on any atom is 0.253 e. The Balaban J connectivity index is 1.54. The van der Waals surface area contributed by atoms with E-state index < -0.39 is 0 Å². The number of ether oxygens (including phenoxy) is 1. The van der Waals surface area contributed by atoms with E-state index in [0.717, 1.165) is 33.8 Å². The number of aromatic nitrogens is 6. The summed E-state index contributed by atoms with van der Waals surface area (Å²) in [6, 6.07) is 16.2. The number of nitriles is 1. The zero-order chi connectivity index (χ0) is 22.9. The summed E-state index contributed by atoms with van der Waals surface area (Å²) in [7, 11) is 1.65. The van der Waals surface area contributed by atoms with Crippen LogP contribution < -0.4 is 4.74 Å². The number of benzene rings is 2. The Morgan fingerprint density at radius 1 is 1.09 bits per heavy atom. The highest BCUT2D eigenvalue weighted by molar-refractivity contribution is 5.68. The standard InChI is InChI=1S/C25H21N7O/c1-16-5-4-6-19(9-16)24-20(12-26)13-27-25-29-23(30-32(24)25)11-18-7-8-21(22(10-18)33-3)31-14-17(2)28-15-31/h4-10,13-15H,11H2,1-3H3. The highest BCUT2D eigenvalue weighted by atomic mass is 16.5. The van der Waals surface area contributed by atoms with Gasteiger partial charge in [0.25, 0.3) is 5.78 Å². The number of rotatable bonds is 5. The van der Waals surface area contributed by atoms with E-state index in [2.05, 4.69) is 21.0 Å². The lowest BCUT2D eigenvalue weighted by molar-refractivity contribution is 0.412. The van der Waals surface area contributed by atoms with Crippen LogP contribution in [0.4, 0.5) is 0 Å². The summed E-state index contributed by atoms with van der Waals surface area (Å²) >= 11 is 0. The van der Waals surface area contributed by atoms with Crippen LogP contribution in [-0.2, 0) is 6.42 Å². The topological polar surface area (TPSA) is 93.9 Å². The number of hydrogen-bond acceptors (Lipinski definition) is 6. The second-order valence-electron chi connectivity index (χ2n) is 7.85. The quantitative estimate of drug-likeness (QED) is 0.413. The van der Waals surface area contributed by atoms with Gasteiger partial charge in [0.1, 0.15) is 11.8 Å². The third-order valence-corrected chi connectivity index (χ3v) is 5.42. The number of hydrogen-bond donors (Lipinski definition) is 0. The van der Waals surface area contributed by atoms with E-state index in [0.29, 0.717) is 29.3 Å². The molecule has 0 saturated carbocycles. The lowest BCUT2D eigenvalue weighted by Gasteiger charge is -2.10. The molecule has 0 amide bonds. The molecule has 5 rings (SSSR count). The number of imidazole rings is 1. The van der Waals surface area contributed by atoms with Crippen molar-refractivity contribution in [1.82, 2.24) is 29.1 Å². The summed E-state index contributed by atoms with van der Waals surface area (Å²) in [6.45, 7) is 3.96. The fraction of sp³-hybridized carbons (Fsp3) is 0.160. The summed E-state index contributed by atoms with van der Waals surface area (Å²) in [6.07, 6.45) is 5.77. The Bertz CT molecular complexity index is 1520. The number of nitrogens with zero attached hydrogens (tertiary/aromatic N) is 7. The molecule has 3 aromatic heterocycles. The number of fused-ring (bicyclic) bond motifs is 1. The summed E-state index contributed by atoms with van der Waals surface area (Å²) in [5.41, 5.74) is 5.98. The van der Waals surface area contributed by atoms with Crippen molar-refractivity contribution >= 4 is 5.78 Å². The average Bonchev–Trinajstić information content (AvgIpc) is 3.43. The van der Waals surface area contributed by atoms with Crippen LogP contribution >= 0.6 is 0 Å². The van der Waals surface area contributed by atoms with Gasteiger partial charge in [-0.05, 0) is 37.6 Å². The van der Waals surface area contributed by atoms with Crippen LogP contribution in [0.5, 0.6) is 5.75 Å². The van der Waals surface area contributed by atoms with Gasteiger partial charge in [0.2, 0.25) is 0 Å². The maximum absolute atomic E-state index is 9.66. The van der Waals surface area contributed by atoms with Gasteiger partial charge in [0.05, 0.1) is 42.3 Å². The van der Waals surface area contributed by atoms with Crippen LogP contribution in [0.3, 0.4) is 0 Å². The molecule has 0 saturated heterocycles. The first-order valence-corrected chi connectivity index (χ1v) is 10.5. The van der Waals surface area contributed by atoms with Gasteiger partial charge in [-0.1, -0.05) is 29.8 Å². The van der Waals surface area contributed by atoms with Crippen molar-refractivity contribution in [2.75, 3.05) is 7.11 Å². The summed E-state index contributed by atoms with van der Waals surface area (Å²) in [5, 5.41) is 14.4. The molecule has 0 radical (unpaired) electrons. The summed E-state index contributed by atoms with van der Waals surface area (Å²) in [4.78, 5) is 13.2. The van der Waals surface area contributed by atoms with Crippen molar-refractivity contribution in [2.45, 2.75) is 20.3 Å². The Morgan fingerprint density at radius 2 is 1.97 bits per heavy atom. The predicted octanol–water partition coefficient (Wildman–Crippen LogP) is 4.06. The minimum atomic E-state index is 0.450. The summed E-state index contributed by atoms with van der Waals surface area (Å²) < 4.78 is 9.21. The Hall–Kier alpha value is -4.51. The molecule has 0 aliphatic heterocycles. The van der Waals surface area contributed by atoms with Gasteiger partial charge in [0, 0.05) is 18.2 Å². The molecule has 0 bridgehead atoms. The molecule has 2 aromatic carbocycles. The first-order valence-electron chi connectivity index (χ1n) is 10.5. The Labute approximate surface area is 190 Å². The highest BCUT2D eigenvalue weighted by Crippen LogP contribution is 2.27. The number of aryl methyl sites for hydroxylation is 2. The molecular formula is C25H21N7O. The average molecular weight is 435 g/mol. The van der Waals surface area contributed by atoms with E-state index in [1.807, 2.05) is 67.1 Å². The van der Waals surface area contributed by atoms with Crippen molar-refractivity contribution in [2.24, 2.45) is 0 Å². The Kier molecular flexibility index (Phi) is 5.07. The number of methoxy groups -OCH3 is 1. The molecule has 3 heterocycles. The molecule has 0 aliphatic rings. The molecule has 33 heavy (non-hydrogen) atoms. The normalized spacial score (nSPS) is 11.0. The van der Waals surface area contributed by atoms with Gasteiger partial charge in [-0.2, -0.15) is 14.8 Å². The molecule has 162 valence electrons. The molecule has 0 N–H and O–H groups in total. The molecule has 8 nitrogen and oxygen atoms in total. The lowest BCUT2D eigenvalue weighted by atomic mass is 10.1. The minimum absolute atomic E-state index is 0.450. The monoisotopic (exact) mass is 435 g/mol. The molecule has 0 fully saturated rings. The predicted molar refractivity (Wildman–Crippen MR) is 123 cm³/mol. The van der Waals surface area contributed by atoms with E-state index in [-0.39, 0.29) is 0 Å². The zero-order valence-electron chi connectivity index (χ0n) is 18.5. The third-order valence-electron chi connectivity index (χ3n) is 5.42. The molecule has 0 unspecified atom stereocenters. The molecule has 0 atom stereocenters. The molecule has 8 heteroatoms. The van der Waals surface area contributed by atoms with Crippen molar-refractivity contribution in [3.63, 3.8) is 0 Å². The maximum atomic E-state index is 9.66. The molecule has 0 aliphatic carbocycles. The molecular weight excluding hydrogens is 414 g/mol. The van der Waals surface area contributed by atoms with Gasteiger partial charge < -0.3 is 9.30 Å². The van der Waals surface area contributed by atoms with E-state index >= 15 is 0 Å².